The molecule has 0 aliphatic heterocycles. The number of rotatable bonds is 4. The molecule has 0 aliphatic rings. The van der Waals surface area contributed by atoms with Crippen LogP contribution in [0, 0.1) is 0 Å². The van der Waals surface area contributed by atoms with E-state index in [0.717, 1.165) is 15.6 Å². The van der Waals surface area contributed by atoms with Gasteiger partial charge in [0.1, 0.15) is 11.0 Å². The van der Waals surface area contributed by atoms with E-state index in [-0.39, 0.29) is 10.8 Å². The number of halogens is 1. The molecule has 2 atom stereocenters. The van der Waals surface area contributed by atoms with Crippen molar-refractivity contribution in [3.63, 3.8) is 0 Å². The third-order valence-electron chi connectivity index (χ3n) is 3.61. The van der Waals surface area contributed by atoms with E-state index in [1.807, 2.05) is 80.7 Å². The monoisotopic (exact) mass is 394 g/mol. The van der Waals surface area contributed by atoms with E-state index in [0.29, 0.717) is 5.69 Å². The number of nitrogen functional groups attached to an aromatic ring is 1. The summed E-state index contributed by atoms with van der Waals surface area (Å²) in [5.41, 5.74) is 8.94. The van der Waals surface area contributed by atoms with Crippen LogP contribution in [0.25, 0.3) is 0 Å². The third-order valence-corrected chi connectivity index (χ3v) is 5.88. The first kappa shape index (κ1) is 18.2. The quantitative estimate of drug-likeness (QED) is 0.774. The SMILES string of the molecule is CN(C(c1ccccc1)c1cc(Br)ccc1N)[S@@](=O)C(C)(C)C. The molecule has 124 valence electrons. The zero-order valence-electron chi connectivity index (χ0n) is 13.9. The second-order valence-electron chi connectivity index (χ2n) is 6.49. The Balaban J connectivity index is 2.57. The average Bonchev–Trinajstić information content (AvgIpc) is 2.50. The Bertz CT molecular complexity index is 698. The highest BCUT2D eigenvalue weighted by Crippen LogP contribution is 2.35. The minimum Gasteiger partial charge on any atom is -0.398 e. The van der Waals surface area contributed by atoms with E-state index in [4.69, 9.17) is 5.73 Å². The van der Waals surface area contributed by atoms with Gasteiger partial charge in [0.25, 0.3) is 0 Å². The molecule has 0 aliphatic carbocycles. The fourth-order valence-electron chi connectivity index (χ4n) is 2.53. The highest BCUT2D eigenvalue weighted by Gasteiger charge is 2.31. The third kappa shape index (κ3) is 4.22. The number of hydrogen-bond donors (Lipinski definition) is 1. The number of hydrogen-bond acceptors (Lipinski definition) is 2. The van der Waals surface area contributed by atoms with Crippen LogP contribution in [0.1, 0.15) is 37.9 Å². The van der Waals surface area contributed by atoms with Crippen molar-refractivity contribution < 1.29 is 4.21 Å². The van der Waals surface area contributed by atoms with Gasteiger partial charge in [-0.15, -0.1) is 0 Å². The van der Waals surface area contributed by atoms with Crippen LogP contribution in [0.4, 0.5) is 5.69 Å². The first-order valence-electron chi connectivity index (χ1n) is 7.46. The van der Waals surface area contributed by atoms with Gasteiger partial charge in [-0.05, 0) is 50.1 Å². The van der Waals surface area contributed by atoms with Gasteiger partial charge in [-0.3, -0.25) is 0 Å². The van der Waals surface area contributed by atoms with Crippen molar-refractivity contribution >= 4 is 32.6 Å². The highest BCUT2D eigenvalue weighted by molar-refractivity contribution is 9.10. The Morgan fingerprint density at radius 2 is 1.74 bits per heavy atom. The van der Waals surface area contributed by atoms with Crippen LogP contribution in [-0.2, 0) is 11.0 Å². The Labute approximate surface area is 149 Å². The molecule has 3 nitrogen and oxygen atoms in total. The van der Waals surface area contributed by atoms with E-state index in [1.54, 1.807) is 0 Å². The molecule has 1 unspecified atom stereocenters. The number of nitrogens with two attached hydrogens (primary N) is 1. The summed E-state index contributed by atoms with van der Waals surface area (Å²) in [5.74, 6) is 0. The molecule has 0 radical (unpaired) electrons. The van der Waals surface area contributed by atoms with Crippen LogP contribution >= 0.6 is 15.9 Å². The predicted molar refractivity (Wildman–Crippen MR) is 102 cm³/mol. The van der Waals surface area contributed by atoms with Gasteiger partial charge in [-0.2, -0.15) is 0 Å². The lowest BCUT2D eigenvalue weighted by Crippen LogP contribution is -2.38. The van der Waals surface area contributed by atoms with Crippen LogP contribution in [-0.4, -0.2) is 20.3 Å². The Morgan fingerprint density at radius 1 is 1.13 bits per heavy atom. The Kier molecular flexibility index (Phi) is 5.65. The molecule has 0 heterocycles. The molecule has 2 aromatic carbocycles. The molecule has 0 amide bonds. The van der Waals surface area contributed by atoms with Crippen LogP contribution in [0.5, 0.6) is 0 Å². The largest absolute Gasteiger partial charge is 0.398 e. The van der Waals surface area contributed by atoms with Gasteiger partial charge in [0, 0.05) is 17.2 Å². The van der Waals surface area contributed by atoms with Crippen molar-refractivity contribution in [2.75, 3.05) is 12.8 Å². The summed E-state index contributed by atoms with van der Waals surface area (Å²) >= 11 is 3.51. The van der Waals surface area contributed by atoms with Crippen LogP contribution in [0.2, 0.25) is 0 Å². The molecule has 5 heteroatoms. The fraction of sp³-hybridized carbons (Fsp3) is 0.333. The summed E-state index contributed by atoms with van der Waals surface area (Å²) in [6, 6.07) is 15.7. The molecule has 0 fully saturated rings. The number of anilines is 1. The second-order valence-corrected chi connectivity index (χ2v) is 9.71. The molecule has 2 aromatic rings. The van der Waals surface area contributed by atoms with Crippen molar-refractivity contribution in [2.24, 2.45) is 0 Å². The fourth-order valence-corrected chi connectivity index (χ4v) is 4.20. The lowest BCUT2D eigenvalue weighted by atomic mass is 9.97. The minimum atomic E-state index is -1.17. The second kappa shape index (κ2) is 7.16. The summed E-state index contributed by atoms with van der Waals surface area (Å²) in [6.45, 7) is 5.93. The molecular formula is C18H23BrN2OS. The van der Waals surface area contributed by atoms with E-state index in [2.05, 4.69) is 15.9 Å². The molecule has 0 spiro atoms. The van der Waals surface area contributed by atoms with Gasteiger partial charge in [-0.1, -0.05) is 46.3 Å². The van der Waals surface area contributed by atoms with E-state index >= 15 is 0 Å². The van der Waals surface area contributed by atoms with Crippen molar-refractivity contribution in [3.05, 3.63) is 64.1 Å². The summed E-state index contributed by atoms with van der Waals surface area (Å²) in [4.78, 5) is 0. The summed E-state index contributed by atoms with van der Waals surface area (Å²) in [7, 11) is 0.723. The highest BCUT2D eigenvalue weighted by atomic mass is 79.9. The molecule has 2 N–H and O–H groups in total. The minimum absolute atomic E-state index is 0.172. The molecule has 23 heavy (non-hydrogen) atoms. The molecule has 0 saturated carbocycles. The summed E-state index contributed by atoms with van der Waals surface area (Å²) < 4.78 is 15.4. The number of nitrogens with zero attached hydrogens (tertiary/aromatic N) is 1. The van der Waals surface area contributed by atoms with Crippen molar-refractivity contribution in [1.29, 1.82) is 0 Å². The lowest BCUT2D eigenvalue weighted by molar-refractivity contribution is 0.440. The molecular weight excluding hydrogens is 372 g/mol. The van der Waals surface area contributed by atoms with Crippen molar-refractivity contribution in [1.82, 2.24) is 4.31 Å². The van der Waals surface area contributed by atoms with Crippen molar-refractivity contribution in [2.45, 2.75) is 31.6 Å². The molecule has 0 aromatic heterocycles. The van der Waals surface area contributed by atoms with Gasteiger partial charge < -0.3 is 5.73 Å². The van der Waals surface area contributed by atoms with E-state index in [9.17, 15) is 4.21 Å². The maximum Gasteiger partial charge on any atom is 0.100 e. The number of benzene rings is 2. The predicted octanol–water partition coefficient (Wildman–Crippen LogP) is 4.51. The van der Waals surface area contributed by atoms with Gasteiger partial charge in [-0.25, -0.2) is 8.51 Å². The zero-order valence-corrected chi connectivity index (χ0v) is 16.3. The zero-order chi connectivity index (χ0) is 17.2. The molecule has 0 bridgehead atoms. The van der Waals surface area contributed by atoms with E-state index in [1.165, 1.54) is 0 Å². The first-order chi connectivity index (χ1) is 10.7. The Hall–Kier alpha value is -1.17. The Morgan fingerprint density at radius 3 is 2.30 bits per heavy atom. The van der Waals surface area contributed by atoms with Gasteiger partial charge in [0.2, 0.25) is 0 Å². The average molecular weight is 395 g/mol. The lowest BCUT2D eigenvalue weighted by Gasteiger charge is -2.33. The topological polar surface area (TPSA) is 46.3 Å². The van der Waals surface area contributed by atoms with E-state index < -0.39 is 11.0 Å². The van der Waals surface area contributed by atoms with Crippen LogP contribution < -0.4 is 5.73 Å². The molecule has 0 saturated heterocycles. The van der Waals surface area contributed by atoms with Gasteiger partial charge in [0.15, 0.2) is 0 Å². The normalized spacial score (nSPS) is 14.7. The first-order valence-corrected chi connectivity index (χ1v) is 9.36. The summed E-state index contributed by atoms with van der Waals surface area (Å²) in [5, 5.41) is 0. The van der Waals surface area contributed by atoms with Crippen LogP contribution in [0.15, 0.2) is 53.0 Å². The smallest absolute Gasteiger partial charge is 0.100 e. The maximum atomic E-state index is 12.9. The maximum absolute atomic E-state index is 12.9. The van der Waals surface area contributed by atoms with Gasteiger partial charge in [0.05, 0.1) is 10.8 Å². The standard InChI is InChI=1S/C18H23BrN2OS/c1-18(2,3)23(22)21(4)17(13-8-6-5-7-9-13)15-12-14(19)10-11-16(15)20/h5-12,17H,20H2,1-4H3/t17?,23-/m0/s1. The van der Waals surface area contributed by atoms with Crippen molar-refractivity contribution in [3.8, 4) is 0 Å². The summed E-state index contributed by atoms with van der Waals surface area (Å²) in [6.07, 6.45) is 0. The van der Waals surface area contributed by atoms with Crippen LogP contribution in [0.3, 0.4) is 0 Å². The van der Waals surface area contributed by atoms with Gasteiger partial charge >= 0.3 is 0 Å². The molecule has 2 rings (SSSR count).